The second-order valence-electron chi connectivity index (χ2n) is 5.59. The Morgan fingerprint density at radius 1 is 1.15 bits per heavy atom. The number of methoxy groups -OCH3 is 1. The number of carbonyl (C=O) groups excluding carboxylic acids is 1. The van der Waals surface area contributed by atoms with Crippen molar-refractivity contribution in [2.75, 3.05) is 18.4 Å². The normalized spacial score (nSPS) is 12.5. The first-order valence-corrected chi connectivity index (χ1v) is 9.84. The topological polar surface area (TPSA) is 84.5 Å². The summed E-state index contributed by atoms with van der Waals surface area (Å²) in [5.41, 5.74) is 0.694. The van der Waals surface area contributed by atoms with E-state index in [0.717, 1.165) is 0 Å². The van der Waals surface area contributed by atoms with E-state index in [2.05, 4.69) is 10.0 Å². The minimum atomic E-state index is -3.91. The molecule has 0 heterocycles. The first kappa shape index (κ1) is 20.5. The fourth-order valence-electron chi connectivity index (χ4n) is 2.18. The Morgan fingerprint density at radius 3 is 2.42 bits per heavy atom. The van der Waals surface area contributed by atoms with Crippen molar-refractivity contribution in [2.45, 2.75) is 17.9 Å². The van der Waals surface area contributed by atoms with Crippen molar-refractivity contribution in [3.63, 3.8) is 0 Å². The van der Waals surface area contributed by atoms with Crippen molar-refractivity contribution in [3.05, 3.63) is 58.1 Å². The van der Waals surface area contributed by atoms with Crippen LogP contribution in [0.15, 0.2) is 47.4 Å². The van der Waals surface area contributed by atoms with Gasteiger partial charge in [0.25, 0.3) is 15.9 Å². The zero-order chi connectivity index (χ0) is 19.3. The Morgan fingerprint density at radius 2 is 1.81 bits per heavy atom. The van der Waals surface area contributed by atoms with Gasteiger partial charge in [-0.1, -0.05) is 23.2 Å². The van der Waals surface area contributed by atoms with E-state index < -0.39 is 10.0 Å². The number of ether oxygens (including phenoxy) is 1. The zero-order valence-electron chi connectivity index (χ0n) is 14.1. The highest BCUT2D eigenvalue weighted by Crippen LogP contribution is 2.26. The lowest BCUT2D eigenvalue weighted by molar-refractivity contribution is 0.0905. The predicted octanol–water partition coefficient (Wildman–Crippen LogP) is 3.56. The molecule has 0 aliphatic rings. The van der Waals surface area contributed by atoms with Crippen LogP contribution in [0.25, 0.3) is 0 Å². The maximum atomic E-state index is 12.5. The molecule has 6 nitrogen and oxygen atoms in total. The van der Waals surface area contributed by atoms with Crippen LogP contribution >= 0.6 is 23.2 Å². The number of amides is 1. The van der Waals surface area contributed by atoms with E-state index in [1.165, 1.54) is 42.5 Å². The van der Waals surface area contributed by atoms with E-state index in [0.29, 0.717) is 17.9 Å². The minimum absolute atomic E-state index is 0.0602. The van der Waals surface area contributed by atoms with Crippen molar-refractivity contribution in [1.82, 2.24) is 5.32 Å². The van der Waals surface area contributed by atoms with E-state index in [-0.39, 0.29) is 26.9 Å². The van der Waals surface area contributed by atoms with E-state index in [4.69, 9.17) is 27.9 Å². The average Bonchev–Trinajstić information content (AvgIpc) is 2.57. The second-order valence-corrected chi connectivity index (χ2v) is 8.08. The first-order chi connectivity index (χ1) is 12.2. The number of hydrogen-bond donors (Lipinski definition) is 2. The summed E-state index contributed by atoms with van der Waals surface area (Å²) in [5, 5.41) is 3.09. The number of hydrogen-bond acceptors (Lipinski definition) is 4. The summed E-state index contributed by atoms with van der Waals surface area (Å²) >= 11 is 11.8. The Bertz CT molecular complexity index is 886. The molecule has 0 radical (unpaired) electrons. The maximum Gasteiger partial charge on any atom is 0.263 e. The Hall–Kier alpha value is -1.80. The van der Waals surface area contributed by atoms with Crippen LogP contribution in [-0.2, 0) is 14.8 Å². The third kappa shape index (κ3) is 5.35. The lowest BCUT2D eigenvalue weighted by Crippen LogP contribution is -2.35. The van der Waals surface area contributed by atoms with Crippen LogP contribution in [0.2, 0.25) is 10.0 Å². The Balaban J connectivity index is 2.13. The molecule has 2 aromatic carbocycles. The van der Waals surface area contributed by atoms with Gasteiger partial charge in [-0.15, -0.1) is 0 Å². The van der Waals surface area contributed by atoms with Crippen molar-refractivity contribution < 1.29 is 17.9 Å². The zero-order valence-corrected chi connectivity index (χ0v) is 16.5. The van der Waals surface area contributed by atoms with Gasteiger partial charge in [0.1, 0.15) is 4.90 Å². The monoisotopic (exact) mass is 416 g/mol. The van der Waals surface area contributed by atoms with Crippen molar-refractivity contribution >= 4 is 44.8 Å². The minimum Gasteiger partial charge on any atom is -0.383 e. The summed E-state index contributed by atoms with van der Waals surface area (Å²) in [7, 11) is -2.36. The molecule has 0 saturated heterocycles. The van der Waals surface area contributed by atoms with Crippen LogP contribution in [0.1, 0.15) is 17.3 Å². The van der Waals surface area contributed by atoms with Gasteiger partial charge in [0.15, 0.2) is 0 Å². The summed E-state index contributed by atoms with van der Waals surface area (Å²) in [6.07, 6.45) is 0. The van der Waals surface area contributed by atoms with E-state index in [1.807, 2.05) is 6.92 Å². The molecule has 0 fully saturated rings. The SMILES string of the molecule is COCC(C)NC(=O)c1ccc(NS(=O)(=O)c2cc(Cl)ccc2Cl)cc1. The number of benzene rings is 2. The van der Waals surface area contributed by atoms with Crippen LogP contribution in [0, 0.1) is 0 Å². The molecule has 1 atom stereocenters. The number of nitrogens with one attached hydrogen (secondary N) is 2. The van der Waals surface area contributed by atoms with Crippen LogP contribution in [0.4, 0.5) is 5.69 Å². The molecule has 0 saturated carbocycles. The quantitative estimate of drug-likeness (QED) is 0.722. The summed E-state index contributed by atoms with van der Waals surface area (Å²) in [6, 6.07) is 10.1. The molecule has 2 aromatic rings. The fourth-order valence-corrected chi connectivity index (χ4v) is 4.00. The number of halogens is 2. The number of sulfonamides is 1. The third-order valence-corrected chi connectivity index (χ3v) is 5.47. The van der Waals surface area contributed by atoms with Crippen molar-refractivity contribution in [2.24, 2.45) is 0 Å². The molecule has 0 spiro atoms. The molecule has 9 heteroatoms. The molecule has 0 aliphatic heterocycles. The van der Waals surface area contributed by atoms with Gasteiger partial charge in [-0.05, 0) is 49.4 Å². The summed E-state index contributed by atoms with van der Waals surface area (Å²) in [5.74, 6) is -0.276. The van der Waals surface area contributed by atoms with E-state index >= 15 is 0 Å². The van der Waals surface area contributed by atoms with Crippen molar-refractivity contribution in [1.29, 1.82) is 0 Å². The van der Waals surface area contributed by atoms with Gasteiger partial charge in [0.05, 0.1) is 11.6 Å². The predicted molar refractivity (Wildman–Crippen MR) is 103 cm³/mol. The average molecular weight is 417 g/mol. The number of anilines is 1. The van der Waals surface area contributed by atoms with Crippen molar-refractivity contribution in [3.8, 4) is 0 Å². The highest BCUT2D eigenvalue weighted by molar-refractivity contribution is 7.92. The molecule has 0 aromatic heterocycles. The van der Waals surface area contributed by atoms with Gasteiger partial charge in [-0.25, -0.2) is 8.42 Å². The van der Waals surface area contributed by atoms with Crippen LogP contribution < -0.4 is 10.0 Å². The fraction of sp³-hybridized carbons (Fsp3) is 0.235. The van der Waals surface area contributed by atoms with E-state index in [1.54, 1.807) is 7.11 Å². The summed E-state index contributed by atoms with van der Waals surface area (Å²) < 4.78 is 32.3. The summed E-state index contributed by atoms with van der Waals surface area (Å²) in [4.78, 5) is 12.0. The molecule has 2 rings (SSSR count). The lowest BCUT2D eigenvalue weighted by atomic mass is 10.2. The molecule has 1 unspecified atom stereocenters. The number of carbonyl (C=O) groups is 1. The van der Waals surface area contributed by atoms with Gasteiger partial charge in [-0.3, -0.25) is 9.52 Å². The standard InChI is InChI=1S/C17H18Cl2N2O4S/c1-11(10-25-2)20-17(22)12-3-6-14(7-4-12)21-26(23,24)16-9-13(18)5-8-15(16)19/h3-9,11,21H,10H2,1-2H3,(H,20,22). The third-order valence-electron chi connectivity index (χ3n) is 3.38. The van der Waals surface area contributed by atoms with Gasteiger partial charge >= 0.3 is 0 Å². The highest BCUT2D eigenvalue weighted by atomic mass is 35.5. The Kier molecular flexibility index (Phi) is 6.88. The first-order valence-electron chi connectivity index (χ1n) is 7.60. The lowest BCUT2D eigenvalue weighted by Gasteiger charge is -2.13. The molecule has 26 heavy (non-hydrogen) atoms. The molecule has 2 N–H and O–H groups in total. The number of rotatable bonds is 7. The van der Waals surface area contributed by atoms with Crippen LogP contribution in [0.5, 0.6) is 0 Å². The Labute approximate surface area is 162 Å². The molecule has 140 valence electrons. The molecular formula is C17H18Cl2N2O4S. The highest BCUT2D eigenvalue weighted by Gasteiger charge is 2.19. The van der Waals surface area contributed by atoms with Gasteiger partial charge < -0.3 is 10.1 Å². The maximum absolute atomic E-state index is 12.5. The second kappa shape index (κ2) is 8.73. The van der Waals surface area contributed by atoms with Gasteiger partial charge in [0.2, 0.25) is 0 Å². The molecule has 0 aliphatic carbocycles. The van der Waals surface area contributed by atoms with Crippen LogP contribution in [-0.4, -0.2) is 34.1 Å². The smallest absolute Gasteiger partial charge is 0.263 e. The van der Waals surface area contributed by atoms with Crippen LogP contribution in [0.3, 0.4) is 0 Å². The summed E-state index contributed by atoms with van der Waals surface area (Å²) in [6.45, 7) is 2.21. The molecular weight excluding hydrogens is 399 g/mol. The van der Waals surface area contributed by atoms with Gasteiger partial charge in [0, 0.05) is 29.4 Å². The molecule has 1 amide bonds. The van der Waals surface area contributed by atoms with Gasteiger partial charge in [-0.2, -0.15) is 0 Å². The largest absolute Gasteiger partial charge is 0.383 e. The van der Waals surface area contributed by atoms with E-state index in [9.17, 15) is 13.2 Å². The molecule has 0 bridgehead atoms.